The monoisotopic (exact) mass is 293 g/mol. The Morgan fingerprint density at radius 1 is 1.57 bits per heavy atom. The fourth-order valence-electron chi connectivity index (χ4n) is 2.65. The van der Waals surface area contributed by atoms with Crippen molar-refractivity contribution in [3.05, 3.63) is 23.0 Å². The molecule has 6 heteroatoms. The first-order valence-corrected chi connectivity index (χ1v) is 7.30. The highest BCUT2D eigenvalue weighted by Gasteiger charge is 2.21. The van der Waals surface area contributed by atoms with Gasteiger partial charge in [0.15, 0.2) is 0 Å². The molecule has 0 bridgehead atoms. The van der Waals surface area contributed by atoms with Crippen LogP contribution in [-0.4, -0.2) is 59.8 Å². The molecule has 21 heavy (non-hydrogen) atoms. The molecule has 1 unspecified atom stereocenters. The van der Waals surface area contributed by atoms with Crippen molar-refractivity contribution in [3.8, 4) is 0 Å². The first-order chi connectivity index (χ1) is 10.0. The molecule has 0 aliphatic carbocycles. The van der Waals surface area contributed by atoms with E-state index < -0.39 is 5.97 Å². The number of carboxylic acid groups (broad SMARTS) is 1. The summed E-state index contributed by atoms with van der Waals surface area (Å²) in [6.45, 7) is 9.87. The van der Waals surface area contributed by atoms with Gasteiger partial charge in [0, 0.05) is 25.3 Å². The minimum Gasteiger partial charge on any atom is -0.478 e. The zero-order valence-corrected chi connectivity index (χ0v) is 12.8. The SMILES string of the molecule is CCN1CCOC(CNc2cc(C)nc(C)c2C(=O)O)C1. The molecule has 1 saturated heterocycles. The molecule has 0 radical (unpaired) electrons. The number of anilines is 1. The lowest BCUT2D eigenvalue weighted by atomic mass is 10.1. The predicted molar refractivity (Wildman–Crippen MR) is 81.0 cm³/mol. The molecular formula is C15H23N3O3. The van der Waals surface area contributed by atoms with Crippen LogP contribution < -0.4 is 5.32 Å². The van der Waals surface area contributed by atoms with Crippen molar-refractivity contribution in [1.82, 2.24) is 9.88 Å². The molecule has 0 saturated carbocycles. The number of likely N-dealkylation sites (N-methyl/N-ethyl adjacent to an activating group) is 1. The summed E-state index contributed by atoms with van der Waals surface area (Å²) >= 11 is 0. The summed E-state index contributed by atoms with van der Waals surface area (Å²) in [6, 6.07) is 1.77. The molecule has 1 aliphatic rings. The third kappa shape index (κ3) is 3.92. The number of pyridine rings is 1. The van der Waals surface area contributed by atoms with Crippen LogP contribution in [0.1, 0.15) is 28.7 Å². The maximum Gasteiger partial charge on any atom is 0.339 e. The molecule has 1 atom stereocenters. The summed E-state index contributed by atoms with van der Waals surface area (Å²) in [7, 11) is 0. The molecule has 6 nitrogen and oxygen atoms in total. The van der Waals surface area contributed by atoms with Gasteiger partial charge in [-0.15, -0.1) is 0 Å². The van der Waals surface area contributed by atoms with Gasteiger partial charge in [-0.2, -0.15) is 0 Å². The highest BCUT2D eigenvalue weighted by molar-refractivity contribution is 5.95. The molecule has 2 N–H and O–H groups in total. The fourth-order valence-corrected chi connectivity index (χ4v) is 2.65. The van der Waals surface area contributed by atoms with Gasteiger partial charge in [-0.1, -0.05) is 6.92 Å². The fraction of sp³-hybridized carbons (Fsp3) is 0.600. The van der Waals surface area contributed by atoms with E-state index in [1.807, 2.05) is 6.92 Å². The Morgan fingerprint density at radius 2 is 2.33 bits per heavy atom. The second-order valence-electron chi connectivity index (χ2n) is 5.34. The van der Waals surface area contributed by atoms with Crippen molar-refractivity contribution in [3.63, 3.8) is 0 Å². The topological polar surface area (TPSA) is 74.7 Å². The number of rotatable bonds is 5. The average molecular weight is 293 g/mol. The maximum absolute atomic E-state index is 11.4. The van der Waals surface area contributed by atoms with Crippen LogP contribution in [-0.2, 0) is 4.74 Å². The first-order valence-electron chi connectivity index (χ1n) is 7.30. The first kappa shape index (κ1) is 15.7. The Bertz CT molecular complexity index is 519. The number of nitrogens with zero attached hydrogens (tertiary/aromatic N) is 2. The Labute approximate surface area is 125 Å². The molecule has 1 aliphatic heterocycles. The highest BCUT2D eigenvalue weighted by Crippen LogP contribution is 2.20. The van der Waals surface area contributed by atoms with E-state index in [1.165, 1.54) is 0 Å². The Kier molecular flexibility index (Phi) is 5.14. The van der Waals surface area contributed by atoms with E-state index in [0.29, 0.717) is 17.9 Å². The van der Waals surface area contributed by atoms with E-state index in [0.717, 1.165) is 31.9 Å². The molecular weight excluding hydrogens is 270 g/mol. The van der Waals surface area contributed by atoms with Crippen LogP contribution >= 0.6 is 0 Å². The van der Waals surface area contributed by atoms with E-state index in [9.17, 15) is 9.90 Å². The van der Waals surface area contributed by atoms with Crippen LogP contribution in [0.15, 0.2) is 6.07 Å². The maximum atomic E-state index is 11.4. The molecule has 1 aromatic heterocycles. The van der Waals surface area contributed by atoms with Gasteiger partial charge in [-0.3, -0.25) is 9.88 Å². The van der Waals surface area contributed by atoms with Gasteiger partial charge in [0.1, 0.15) is 5.56 Å². The van der Waals surface area contributed by atoms with Crippen LogP contribution in [0.5, 0.6) is 0 Å². The van der Waals surface area contributed by atoms with E-state index >= 15 is 0 Å². The van der Waals surface area contributed by atoms with Crippen molar-refractivity contribution >= 4 is 11.7 Å². The lowest BCUT2D eigenvalue weighted by Crippen LogP contribution is -2.45. The molecule has 116 valence electrons. The lowest BCUT2D eigenvalue weighted by Gasteiger charge is -2.32. The highest BCUT2D eigenvalue weighted by atomic mass is 16.5. The van der Waals surface area contributed by atoms with Crippen molar-refractivity contribution in [2.45, 2.75) is 26.9 Å². The molecule has 0 aromatic carbocycles. The molecule has 1 fully saturated rings. The van der Waals surface area contributed by atoms with Crippen LogP contribution in [0.4, 0.5) is 5.69 Å². The van der Waals surface area contributed by atoms with E-state index in [4.69, 9.17) is 4.74 Å². The number of nitrogens with one attached hydrogen (secondary N) is 1. The summed E-state index contributed by atoms with van der Waals surface area (Å²) in [5.41, 5.74) is 2.19. The van der Waals surface area contributed by atoms with Gasteiger partial charge >= 0.3 is 5.97 Å². The average Bonchev–Trinajstić information content (AvgIpc) is 2.44. The number of hydrogen-bond donors (Lipinski definition) is 2. The third-order valence-electron chi connectivity index (χ3n) is 3.73. The van der Waals surface area contributed by atoms with Gasteiger partial charge in [-0.05, 0) is 26.5 Å². The Balaban J connectivity index is 2.07. The summed E-state index contributed by atoms with van der Waals surface area (Å²) in [4.78, 5) is 17.9. The van der Waals surface area contributed by atoms with E-state index in [1.54, 1.807) is 13.0 Å². The number of morpholine rings is 1. The number of hydrogen-bond acceptors (Lipinski definition) is 5. The van der Waals surface area contributed by atoms with Gasteiger partial charge < -0.3 is 15.2 Å². The third-order valence-corrected chi connectivity index (χ3v) is 3.73. The number of aryl methyl sites for hydroxylation is 2. The van der Waals surface area contributed by atoms with E-state index in [-0.39, 0.29) is 11.7 Å². The number of carboxylic acids is 1. The number of aromatic carboxylic acids is 1. The smallest absolute Gasteiger partial charge is 0.339 e. The minimum atomic E-state index is -0.956. The van der Waals surface area contributed by atoms with Gasteiger partial charge in [0.05, 0.1) is 24.1 Å². The zero-order valence-electron chi connectivity index (χ0n) is 12.8. The second-order valence-corrected chi connectivity index (χ2v) is 5.34. The quantitative estimate of drug-likeness (QED) is 0.857. The van der Waals surface area contributed by atoms with Crippen molar-refractivity contribution in [1.29, 1.82) is 0 Å². The normalized spacial score (nSPS) is 19.5. The minimum absolute atomic E-state index is 0.0779. The molecule has 2 rings (SSSR count). The molecule has 2 heterocycles. The van der Waals surface area contributed by atoms with Crippen LogP contribution in [0.2, 0.25) is 0 Å². The Morgan fingerprint density at radius 3 is 3.00 bits per heavy atom. The van der Waals surface area contributed by atoms with Gasteiger partial charge in [0.2, 0.25) is 0 Å². The van der Waals surface area contributed by atoms with Crippen LogP contribution in [0.3, 0.4) is 0 Å². The summed E-state index contributed by atoms with van der Waals surface area (Å²) in [5.74, 6) is -0.956. The second kappa shape index (κ2) is 6.87. The zero-order chi connectivity index (χ0) is 15.4. The van der Waals surface area contributed by atoms with Crippen molar-refractivity contribution < 1.29 is 14.6 Å². The largest absolute Gasteiger partial charge is 0.478 e. The van der Waals surface area contributed by atoms with Gasteiger partial charge in [0.25, 0.3) is 0 Å². The summed E-state index contributed by atoms with van der Waals surface area (Å²) in [5, 5.41) is 12.6. The standard InChI is InChI=1S/C15H23N3O3/c1-4-18-5-6-21-12(9-18)8-16-13-7-10(2)17-11(3)14(13)15(19)20/h7,12H,4-6,8-9H2,1-3H3,(H,16,17)(H,19,20). The molecule has 0 amide bonds. The van der Waals surface area contributed by atoms with Crippen LogP contribution in [0.25, 0.3) is 0 Å². The number of ether oxygens (including phenoxy) is 1. The molecule has 1 aromatic rings. The lowest BCUT2D eigenvalue weighted by molar-refractivity contribution is -0.0191. The van der Waals surface area contributed by atoms with E-state index in [2.05, 4.69) is 22.1 Å². The number of aromatic nitrogens is 1. The summed E-state index contributed by atoms with van der Waals surface area (Å²) in [6.07, 6.45) is 0.0779. The molecule has 0 spiro atoms. The van der Waals surface area contributed by atoms with Crippen molar-refractivity contribution in [2.75, 3.05) is 38.1 Å². The predicted octanol–water partition coefficient (Wildman–Crippen LogP) is 1.53. The van der Waals surface area contributed by atoms with Gasteiger partial charge in [-0.25, -0.2) is 4.79 Å². The summed E-state index contributed by atoms with van der Waals surface area (Å²) < 4.78 is 5.73. The number of carbonyl (C=O) groups is 1. The Hall–Kier alpha value is -1.66. The van der Waals surface area contributed by atoms with Crippen molar-refractivity contribution in [2.24, 2.45) is 0 Å². The van der Waals surface area contributed by atoms with Crippen LogP contribution in [0, 0.1) is 13.8 Å².